The Morgan fingerprint density at radius 3 is 2.15 bits per heavy atom. The number of pyridine rings is 1. The van der Waals surface area contributed by atoms with E-state index in [4.69, 9.17) is 4.18 Å². The largest absolute Gasteiger partial charge is 0.726 e. The van der Waals surface area contributed by atoms with E-state index < -0.39 is 16.5 Å². The Hall–Kier alpha value is -0.980. The second-order valence-electron chi connectivity index (χ2n) is 12.1. The molecular weight excluding hydrogens is 434 g/mol. The van der Waals surface area contributed by atoms with E-state index in [9.17, 15) is 13.0 Å². The van der Waals surface area contributed by atoms with E-state index in [2.05, 4.69) is 32.7 Å². The lowest BCUT2D eigenvalue weighted by Gasteiger charge is -2.61. The van der Waals surface area contributed by atoms with E-state index in [1.807, 2.05) is 30.6 Å². The van der Waals surface area contributed by atoms with Crippen molar-refractivity contribution in [2.45, 2.75) is 91.6 Å². The third-order valence-electron chi connectivity index (χ3n) is 10.4. The fourth-order valence-corrected chi connectivity index (χ4v) is 9.46. The maximum Gasteiger partial charge on any atom is 0.217 e. The fraction of sp³-hybridized carbons (Fsp3) is 0.815. The monoisotopic (exact) mass is 477 g/mol. The van der Waals surface area contributed by atoms with Gasteiger partial charge in [-0.15, -0.1) is 0 Å². The molecular formula is C27H43NO4S. The van der Waals surface area contributed by atoms with Gasteiger partial charge in [0, 0.05) is 12.1 Å². The number of hydrogen-bond donors (Lipinski definition) is 0. The molecule has 4 fully saturated rings. The molecule has 4 saturated carbocycles. The minimum atomic E-state index is -4.59. The number of aromatic amines is 1. The lowest BCUT2D eigenvalue weighted by Crippen LogP contribution is -2.54. The molecule has 0 spiro atoms. The van der Waals surface area contributed by atoms with Crippen LogP contribution in [0.4, 0.5) is 0 Å². The molecule has 0 bridgehead atoms. The van der Waals surface area contributed by atoms with Crippen molar-refractivity contribution in [2.75, 3.05) is 0 Å². The quantitative estimate of drug-likeness (QED) is 0.416. The highest BCUT2D eigenvalue weighted by atomic mass is 32.3. The Morgan fingerprint density at radius 1 is 0.909 bits per heavy atom. The van der Waals surface area contributed by atoms with Gasteiger partial charge in [0.1, 0.15) is 0 Å². The van der Waals surface area contributed by atoms with Crippen LogP contribution in [0.1, 0.15) is 85.5 Å². The van der Waals surface area contributed by atoms with Gasteiger partial charge in [-0.2, -0.15) is 0 Å². The van der Waals surface area contributed by atoms with Crippen molar-refractivity contribution >= 4 is 10.4 Å². The van der Waals surface area contributed by atoms with Gasteiger partial charge in [-0.1, -0.05) is 33.8 Å². The van der Waals surface area contributed by atoms with Gasteiger partial charge in [-0.25, -0.2) is 13.4 Å². The van der Waals surface area contributed by atoms with E-state index in [-0.39, 0.29) is 0 Å². The first kappa shape index (κ1) is 25.1. The zero-order chi connectivity index (χ0) is 23.9. The highest BCUT2D eigenvalue weighted by molar-refractivity contribution is 7.80. The zero-order valence-corrected chi connectivity index (χ0v) is 21.6. The first-order chi connectivity index (χ1) is 15.5. The predicted molar refractivity (Wildman–Crippen MR) is 128 cm³/mol. The van der Waals surface area contributed by atoms with E-state index >= 15 is 0 Å². The lowest BCUT2D eigenvalue weighted by molar-refractivity contribution is -0.377. The van der Waals surface area contributed by atoms with Crippen LogP contribution < -0.4 is 4.98 Å². The molecule has 1 aromatic rings. The van der Waals surface area contributed by atoms with Gasteiger partial charge in [0.25, 0.3) is 0 Å². The number of H-pyrrole nitrogens is 1. The van der Waals surface area contributed by atoms with E-state index in [0.29, 0.717) is 23.2 Å². The zero-order valence-electron chi connectivity index (χ0n) is 20.8. The molecule has 4 aliphatic rings. The Morgan fingerprint density at radius 2 is 1.58 bits per heavy atom. The van der Waals surface area contributed by atoms with Crippen LogP contribution in [0.15, 0.2) is 30.6 Å². The van der Waals surface area contributed by atoms with Gasteiger partial charge in [0.05, 0.1) is 6.10 Å². The van der Waals surface area contributed by atoms with Gasteiger partial charge in [0.15, 0.2) is 12.4 Å². The molecule has 0 saturated heterocycles. The van der Waals surface area contributed by atoms with Crippen LogP contribution in [0, 0.1) is 46.3 Å². The summed E-state index contributed by atoms with van der Waals surface area (Å²) in [6.45, 7) is 9.87. The minimum Gasteiger partial charge on any atom is -0.726 e. The van der Waals surface area contributed by atoms with Crippen LogP contribution in [-0.2, 0) is 14.6 Å². The van der Waals surface area contributed by atoms with Crippen molar-refractivity contribution in [2.24, 2.45) is 46.3 Å². The van der Waals surface area contributed by atoms with E-state index in [1.165, 1.54) is 38.5 Å². The third-order valence-corrected chi connectivity index (χ3v) is 10.9. The molecule has 0 unspecified atom stereocenters. The molecule has 1 aromatic heterocycles. The topological polar surface area (TPSA) is 80.6 Å². The molecule has 1 heterocycles. The number of nitrogens with one attached hydrogen (secondary N) is 1. The first-order valence-electron chi connectivity index (χ1n) is 13.1. The number of hydrogen-bond acceptors (Lipinski definition) is 4. The highest BCUT2D eigenvalue weighted by Gasteiger charge is 2.60. The number of rotatable bonds is 3. The second-order valence-corrected chi connectivity index (χ2v) is 13.1. The minimum absolute atomic E-state index is 0.298. The summed E-state index contributed by atoms with van der Waals surface area (Å²) in [7, 11) is -4.59. The van der Waals surface area contributed by atoms with Crippen LogP contribution >= 0.6 is 0 Å². The van der Waals surface area contributed by atoms with Crippen LogP contribution in [0.25, 0.3) is 0 Å². The Labute approximate surface area is 201 Å². The smallest absolute Gasteiger partial charge is 0.217 e. The first-order valence-corrected chi connectivity index (χ1v) is 14.4. The van der Waals surface area contributed by atoms with Crippen molar-refractivity contribution in [1.29, 1.82) is 0 Å². The van der Waals surface area contributed by atoms with Gasteiger partial charge in [-0.3, -0.25) is 4.18 Å². The van der Waals surface area contributed by atoms with Gasteiger partial charge in [-0.05, 0) is 104 Å². The van der Waals surface area contributed by atoms with Crippen molar-refractivity contribution in [3.63, 3.8) is 0 Å². The van der Waals surface area contributed by atoms with Crippen molar-refractivity contribution in [3.8, 4) is 0 Å². The maximum atomic E-state index is 11.0. The highest BCUT2D eigenvalue weighted by Crippen LogP contribution is 2.68. The maximum absolute atomic E-state index is 11.0. The molecule has 4 aliphatic carbocycles. The molecule has 0 aromatic carbocycles. The molecule has 186 valence electrons. The summed E-state index contributed by atoms with van der Waals surface area (Å²) in [6.07, 6.45) is 13.8. The average molecular weight is 478 g/mol. The van der Waals surface area contributed by atoms with Crippen LogP contribution in [0.5, 0.6) is 0 Å². The lowest BCUT2D eigenvalue weighted by atomic mass is 9.44. The van der Waals surface area contributed by atoms with Crippen molar-refractivity contribution in [1.82, 2.24) is 0 Å². The summed E-state index contributed by atoms with van der Waals surface area (Å²) in [5.41, 5.74) is 0.822. The fourth-order valence-electron chi connectivity index (χ4n) is 8.95. The summed E-state index contributed by atoms with van der Waals surface area (Å²) >= 11 is 0. The Kier molecular flexibility index (Phi) is 7.29. The molecule has 5 nitrogen and oxygen atoms in total. The average Bonchev–Trinajstić information content (AvgIpc) is 3.12. The predicted octanol–water partition coefficient (Wildman–Crippen LogP) is 5.65. The van der Waals surface area contributed by atoms with Crippen molar-refractivity contribution in [3.05, 3.63) is 30.6 Å². The number of fused-ring (bicyclic) bond motifs is 5. The summed E-state index contributed by atoms with van der Waals surface area (Å²) in [5.74, 6) is 4.65. The second kappa shape index (κ2) is 9.58. The normalized spacial score (nSPS) is 42.5. The third kappa shape index (κ3) is 5.04. The summed E-state index contributed by atoms with van der Waals surface area (Å²) in [4.78, 5) is 2.89. The summed E-state index contributed by atoms with van der Waals surface area (Å²) < 4.78 is 38.0. The van der Waals surface area contributed by atoms with E-state index in [1.54, 1.807) is 0 Å². The van der Waals surface area contributed by atoms with E-state index in [0.717, 1.165) is 42.4 Å². The van der Waals surface area contributed by atoms with Crippen molar-refractivity contribution < 1.29 is 22.1 Å². The summed E-state index contributed by atoms with van der Waals surface area (Å²) in [5, 5.41) is 0. The molecule has 5 rings (SSSR count). The standard InChI is InChI=1S/C22H38O4S.C5H5N/c1-14(2)18-7-8-19-17-6-5-15-13-16(26-27(23,24)25)9-11-21(15,3)20(17)10-12-22(18,19)4;1-2-4-6-5-3-1/h14-20H,5-13H2,1-4H3,(H,23,24,25);1-5H/t15-,16-,17+,18-,19+,20+,21+,22-;/m1./s1. The molecule has 0 radical (unpaired) electrons. The van der Waals surface area contributed by atoms with Gasteiger partial charge in [0.2, 0.25) is 10.4 Å². The molecule has 1 N–H and O–H groups in total. The van der Waals surface area contributed by atoms with Gasteiger partial charge < -0.3 is 4.55 Å². The Bertz CT molecular complexity index is 864. The molecule has 0 amide bonds. The summed E-state index contributed by atoms with van der Waals surface area (Å²) in [6, 6.07) is 5.86. The molecule has 6 heteroatoms. The number of aromatic nitrogens is 1. The SMILES string of the molecule is CC(C)[C@H]1CC[C@H]2[C@@H]3CC[C@@H]4C[C@H](OS(=O)(=O)[O-])CC[C@]4(C)[C@H]3CC[C@]12C.c1cc[nH+]cc1. The van der Waals surface area contributed by atoms with Gasteiger partial charge >= 0.3 is 0 Å². The molecule has 8 atom stereocenters. The molecule has 33 heavy (non-hydrogen) atoms. The van der Waals surface area contributed by atoms with Crippen LogP contribution in [0.2, 0.25) is 0 Å². The Balaban J connectivity index is 0.000000376. The molecule has 0 aliphatic heterocycles. The van der Waals surface area contributed by atoms with Crippen LogP contribution in [0.3, 0.4) is 0 Å². The van der Waals surface area contributed by atoms with Crippen LogP contribution in [-0.4, -0.2) is 19.1 Å².